The number of anilines is 1. The van der Waals surface area contributed by atoms with E-state index < -0.39 is 28.5 Å². The Balaban J connectivity index is 2.02. The molecule has 0 aliphatic heterocycles. The Hall–Kier alpha value is -3.08. The van der Waals surface area contributed by atoms with E-state index in [-0.39, 0.29) is 23.0 Å². The van der Waals surface area contributed by atoms with Crippen molar-refractivity contribution in [1.82, 2.24) is 10.2 Å². The molecule has 3 aromatic carbocycles. The lowest BCUT2D eigenvalue weighted by Gasteiger charge is -2.32. The van der Waals surface area contributed by atoms with E-state index in [1.165, 1.54) is 48.4 Å². The second-order valence-electron chi connectivity index (χ2n) is 8.39. The molecule has 0 saturated heterocycles. The molecule has 38 heavy (non-hydrogen) atoms. The summed E-state index contributed by atoms with van der Waals surface area (Å²) in [5.74, 6) is -0.392. The number of amides is 2. The minimum absolute atomic E-state index is 0.0173. The minimum Gasteiger partial charge on any atom is -0.497 e. The van der Waals surface area contributed by atoms with Gasteiger partial charge in [-0.2, -0.15) is 0 Å². The first kappa shape index (κ1) is 29.5. The van der Waals surface area contributed by atoms with E-state index in [0.29, 0.717) is 17.3 Å². The number of methoxy groups -OCH3 is 1. The van der Waals surface area contributed by atoms with Gasteiger partial charge >= 0.3 is 0 Å². The maximum Gasteiger partial charge on any atom is 0.264 e. The summed E-state index contributed by atoms with van der Waals surface area (Å²) in [6, 6.07) is 18.6. The highest BCUT2D eigenvalue weighted by atomic mass is 79.9. The lowest BCUT2D eigenvalue weighted by molar-refractivity contribution is -0.139. The summed E-state index contributed by atoms with van der Waals surface area (Å²) in [5, 5.41) is 3.15. The van der Waals surface area contributed by atoms with Crippen LogP contribution in [0.25, 0.3) is 0 Å². The van der Waals surface area contributed by atoms with Crippen LogP contribution in [-0.2, 0) is 26.2 Å². The first-order valence-electron chi connectivity index (χ1n) is 11.8. The van der Waals surface area contributed by atoms with E-state index in [0.717, 1.165) is 14.3 Å². The van der Waals surface area contributed by atoms with Crippen molar-refractivity contribution < 1.29 is 22.7 Å². The number of ether oxygens (including phenoxy) is 1. The Bertz CT molecular complexity index is 1370. The van der Waals surface area contributed by atoms with Crippen LogP contribution in [0.5, 0.6) is 5.75 Å². The average molecular weight is 623 g/mol. The highest BCUT2D eigenvalue weighted by Crippen LogP contribution is 2.27. The zero-order valence-corrected chi connectivity index (χ0v) is 24.4. The molecule has 202 valence electrons. The second-order valence-corrected chi connectivity index (χ2v) is 11.6. The molecule has 8 nitrogen and oxygen atoms in total. The Morgan fingerprint density at radius 1 is 1.05 bits per heavy atom. The second kappa shape index (κ2) is 13.1. The molecule has 1 atom stereocenters. The number of carbonyl (C=O) groups excluding carboxylic acids is 2. The van der Waals surface area contributed by atoms with Crippen molar-refractivity contribution in [2.24, 2.45) is 0 Å². The molecule has 11 heteroatoms. The number of benzene rings is 3. The van der Waals surface area contributed by atoms with Crippen LogP contribution < -0.4 is 14.4 Å². The molecule has 0 aliphatic carbocycles. The van der Waals surface area contributed by atoms with Gasteiger partial charge in [0.15, 0.2) is 0 Å². The summed E-state index contributed by atoms with van der Waals surface area (Å²) in [6.45, 7) is 3.37. The molecular formula is C27H29BrClN3O5S. The van der Waals surface area contributed by atoms with Crippen LogP contribution in [0.15, 0.2) is 82.2 Å². The molecule has 0 radical (unpaired) electrons. The molecule has 3 rings (SSSR count). The van der Waals surface area contributed by atoms with E-state index >= 15 is 0 Å². The topological polar surface area (TPSA) is 96.0 Å². The smallest absolute Gasteiger partial charge is 0.264 e. The molecule has 0 saturated carbocycles. The third-order valence-electron chi connectivity index (χ3n) is 5.80. The van der Waals surface area contributed by atoms with Crippen LogP contribution >= 0.6 is 27.5 Å². The van der Waals surface area contributed by atoms with Crippen LogP contribution in [0.4, 0.5) is 5.69 Å². The quantitative estimate of drug-likeness (QED) is 0.330. The molecule has 0 unspecified atom stereocenters. The zero-order chi connectivity index (χ0) is 27.9. The highest BCUT2D eigenvalue weighted by molar-refractivity contribution is 9.10. The Morgan fingerprint density at radius 2 is 1.71 bits per heavy atom. The van der Waals surface area contributed by atoms with E-state index in [2.05, 4.69) is 21.2 Å². The molecule has 0 fully saturated rings. The predicted octanol–water partition coefficient (Wildman–Crippen LogP) is 4.86. The molecule has 0 aromatic heterocycles. The molecule has 2 amide bonds. The van der Waals surface area contributed by atoms with Gasteiger partial charge in [0, 0.05) is 22.6 Å². The van der Waals surface area contributed by atoms with Crippen LogP contribution in [0, 0.1) is 0 Å². The zero-order valence-electron chi connectivity index (χ0n) is 21.2. The Labute approximate surface area is 236 Å². The normalized spacial score (nSPS) is 11.9. The van der Waals surface area contributed by atoms with E-state index in [1.807, 2.05) is 24.3 Å². The van der Waals surface area contributed by atoms with E-state index in [1.54, 1.807) is 26.0 Å². The van der Waals surface area contributed by atoms with Gasteiger partial charge < -0.3 is 15.0 Å². The van der Waals surface area contributed by atoms with Gasteiger partial charge in [-0.3, -0.25) is 13.9 Å². The lowest BCUT2D eigenvalue weighted by atomic mass is 10.1. The van der Waals surface area contributed by atoms with Gasteiger partial charge in [0.1, 0.15) is 18.3 Å². The van der Waals surface area contributed by atoms with Crippen molar-refractivity contribution in [1.29, 1.82) is 0 Å². The SMILES string of the molecule is CCNC(=O)[C@H](C)N(Cc1cccc(Br)c1)C(=O)CN(c1ccc(Cl)cc1)S(=O)(=O)c1ccc(OC)cc1. The number of hydrogen-bond donors (Lipinski definition) is 1. The lowest BCUT2D eigenvalue weighted by Crippen LogP contribution is -2.51. The Kier molecular flexibility index (Phi) is 10.2. The summed E-state index contributed by atoms with van der Waals surface area (Å²) < 4.78 is 34.5. The monoisotopic (exact) mass is 621 g/mol. The first-order valence-corrected chi connectivity index (χ1v) is 14.4. The van der Waals surface area contributed by atoms with Crippen molar-refractivity contribution >= 4 is 55.1 Å². The summed E-state index contributed by atoms with van der Waals surface area (Å²) in [4.78, 5) is 27.9. The fourth-order valence-corrected chi connectivity index (χ4v) is 5.73. The summed E-state index contributed by atoms with van der Waals surface area (Å²) >= 11 is 9.47. The van der Waals surface area contributed by atoms with Crippen LogP contribution in [-0.4, -0.2) is 51.4 Å². The van der Waals surface area contributed by atoms with Gasteiger partial charge in [-0.1, -0.05) is 39.7 Å². The first-order chi connectivity index (χ1) is 18.1. The number of likely N-dealkylation sites (N-methyl/N-ethyl adjacent to an activating group) is 1. The highest BCUT2D eigenvalue weighted by Gasteiger charge is 2.32. The number of sulfonamides is 1. The molecule has 1 N–H and O–H groups in total. The van der Waals surface area contributed by atoms with Crippen LogP contribution in [0.1, 0.15) is 19.4 Å². The van der Waals surface area contributed by atoms with Gasteiger partial charge in [-0.25, -0.2) is 8.42 Å². The van der Waals surface area contributed by atoms with Crippen LogP contribution in [0.3, 0.4) is 0 Å². The number of nitrogens with zero attached hydrogens (tertiary/aromatic N) is 2. The summed E-state index contributed by atoms with van der Waals surface area (Å²) in [6.07, 6.45) is 0. The third-order valence-corrected chi connectivity index (χ3v) is 8.33. The molecule has 0 aliphatic rings. The van der Waals surface area contributed by atoms with E-state index in [9.17, 15) is 18.0 Å². The van der Waals surface area contributed by atoms with Gasteiger partial charge in [0.2, 0.25) is 11.8 Å². The standard InChI is InChI=1S/C27H29BrClN3O5S/c1-4-30-27(34)19(2)31(17-20-6-5-7-21(28)16-20)26(33)18-32(23-10-8-22(29)9-11-23)38(35,36)25-14-12-24(37-3)13-15-25/h5-16,19H,4,17-18H2,1-3H3,(H,30,34)/t19-/m0/s1. The number of carbonyl (C=O) groups is 2. The van der Waals surface area contributed by atoms with E-state index in [4.69, 9.17) is 16.3 Å². The summed E-state index contributed by atoms with van der Waals surface area (Å²) in [7, 11) is -2.69. The molecule has 3 aromatic rings. The molecule has 0 spiro atoms. The van der Waals surface area contributed by atoms with Crippen molar-refractivity contribution in [3.05, 3.63) is 87.9 Å². The molecule has 0 bridgehead atoms. The molecular weight excluding hydrogens is 594 g/mol. The average Bonchev–Trinajstić information content (AvgIpc) is 2.90. The fourth-order valence-electron chi connectivity index (χ4n) is 3.75. The minimum atomic E-state index is -4.18. The fraction of sp³-hybridized carbons (Fsp3) is 0.259. The third kappa shape index (κ3) is 7.27. The number of nitrogens with one attached hydrogen (secondary N) is 1. The van der Waals surface area contributed by atoms with Gasteiger partial charge in [-0.15, -0.1) is 0 Å². The molecule has 0 heterocycles. The predicted molar refractivity (Wildman–Crippen MR) is 152 cm³/mol. The van der Waals surface area contributed by atoms with Crippen molar-refractivity contribution in [3.63, 3.8) is 0 Å². The van der Waals surface area contributed by atoms with Crippen molar-refractivity contribution in [2.75, 3.05) is 24.5 Å². The number of hydrogen-bond acceptors (Lipinski definition) is 5. The van der Waals surface area contributed by atoms with Gasteiger partial charge in [-0.05, 0) is 80.1 Å². The number of rotatable bonds is 11. The van der Waals surface area contributed by atoms with Crippen molar-refractivity contribution in [2.45, 2.75) is 31.3 Å². The largest absolute Gasteiger partial charge is 0.497 e. The maximum atomic E-state index is 13.8. The summed E-state index contributed by atoms with van der Waals surface area (Å²) in [5.41, 5.74) is 1.03. The van der Waals surface area contributed by atoms with Gasteiger partial charge in [0.05, 0.1) is 17.7 Å². The van der Waals surface area contributed by atoms with Crippen LogP contribution in [0.2, 0.25) is 5.02 Å². The van der Waals surface area contributed by atoms with Gasteiger partial charge in [0.25, 0.3) is 10.0 Å². The van der Waals surface area contributed by atoms with Crippen molar-refractivity contribution in [3.8, 4) is 5.75 Å². The Morgan fingerprint density at radius 3 is 2.29 bits per heavy atom. The number of halogens is 2. The maximum absolute atomic E-state index is 13.8.